The molecule has 1 saturated heterocycles. The maximum absolute atomic E-state index is 4.94. The molecule has 5 heteroatoms. The van der Waals surface area contributed by atoms with Crippen molar-refractivity contribution >= 4 is 27.8 Å². The molecule has 1 aliphatic rings. The van der Waals surface area contributed by atoms with Crippen LogP contribution in [0.2, 0.25) is 0 Å². The molecule has 31 heavy (non-hydrogen) atoms. The van der Waals surface area contributed by atoms with Gasteiger partial charge in [-0.2, -0.15) is 0 Å². The predicted octanol–water partition coefficient (Wildman–Crippen LogP) is 4.82. The molecule has 158 valence electrons. The zero-order valence-corrected chi connectivity index (χ0v) is 18.6. The second kappa shape index (κ2) is 8.23. The van der Waals surface area contributed by atoms with Crippen LogP contribution in [0.15, 0.2) is 48.7 Å². The van der Waals surface area contributed by atoms with Gasteiger partial charge in [-0.25, -0.2) is 9.97 Å². The molecular formula is C26H29N5. The molecule has 4 aromatic rings. The molecule has 1 fully saturated rings. The highest BCUT2D eigenvalue weighted by atomic mass is 15.3. The molecule has 0 unspecified atom stereocenters. The molecule has 0 radical (unpaired) electrons. The first kappa shape index (κ1) is 19.9. The maximum Gasteiger partial charge on any atom is 0.226 e. The molecule has 0 aliphatic carbocycles. The first-order chi connectivity index (χ1) is 15.1. The zero-order valence-electron chi connectivity index (χ0n) is 18.6. The fourth-order valence-electron chi connectivity index (χ4n) is 4.53. The van der Waals surface area contributed by atoms with E-state index >= 15 is 0 Å². The van der Waals surface area contributed by atoms with Crippen molar-refractivity contribution in [2.45, 2.75) is 33.7 Å². The van der Waals surface area contributed by atoms with E-state index in [1.54, 1.807) is 0 Å². The summed E-state index contributed by atoms with van der Waals surface area (Å²) < 4.78 is 0. The summed E-state index contributed by atoms with van der Waals surface area (Å²) in [6, 6.07) is 15.0. The van der Waals surface area contributed by atoms with Crippen molar-refractivity contribution < 1.29 is 0 Å². The van der Waals surface area contributed by atoms with Crippen molar-refractivity contribution in [1.29, 1.82) is 0 Å². The number of para-hydroxylation sites is 1. The zero-order chi connectivity index (χ0) is 21.4. The topological polar surface area (TPSA) is 45.2 Å². The number of nitrogens with zero attached hydrogens (tertiary/aromatic N) is 5. The van der Waals surface area contributed by atoms with Gasteiger partial charge in [-0.3, -0.25) is 9.88 Å². The van der Waals surface area contributed by atoms with E-state index in [0.717, 1.165) is 67.2 Å². The molecule has 1 aliphatic heterocycles. The van der Waals surface area contributed by atoms with E-state index in [1.165, 1.54) is 22.1 Å². The molecule has 0 saturated carbocycles. The number of hydrogen-bond acceptors (Lipinski definition) is 5. The minimum atomic E-state index is 0.863. The Kier molecular flexibility index (Phi) is 5.28. The van der Waals surface area contributed by atoms with Crippen molar-refractivity contribution in [3.05, 3.63) is 71.0 Å². The number of fused-ring (bicyclic) bond motifs is 2. The predicted molar refractivity (Wildman–Crippen MR) is 128 cm³/mol. The summed E-state index contributed by atoms with van der Waals surface area (Å²) >= 11 is 0. The summed E-state index contributed by atoms with van der Waals surface area (Å²) in [4.78, 5) is 19.3. The number of pyridine rings is 1. The summed E-state index contributed by atoms with van der Waals surface area (Å²) in [5.74, 6) is 0.863. The van der Waals surface area contributed by atoms with Crippen molar-refractivity contribution in [2.75, 3.05) is 31.1 Å². The van der Waals surface area contributed by atoms with E-state index in [4.69, 9.17) is 9.97 Å². The molecule has 0 spiro atoms. The Hall–Kier alpha value is -3.05. The molecular weight excluding hydrogens is 382 g/mol. The summed E-state index contributed by atoms with van der Waals surface area (Å²) in [6.07, 6.45) is 2.99. The third-order valence-electron chi connectivity index (χ3n) is 6.47. The Bertz CT molecular complexity index is 1240. The highest BCUT2D eigenvalue weighted by Crippen LogP contribution is 2.24. The lowest BCUT2D eigenvalue weighted by Gasteiger charge is -2.23. The fraction of sp³-hybridized carbons (Fsp3) is 0.346. The minimum absolute atomic E-state index is 0.863. The van der Waals surface area contributed by atoms with Crippen LogP contribution in [0.5, 0.6) is 0 Å². The molecule has 3 heterocycles. The highest BCUT2D eigenvalue weighted by Gasteiger charge is 2.19. The van der Waals surface area contributed by atoms with E-state index in [2.05, 4.69) is 72.0 Å². The van der Waals surface area contributed by atoms with Gasteiger partial charge in [-0.15, -0.1) is 0 Å². The van der Waals surface area contributed by atoms with Crippen molar-refractivity contribution in [3.63, 3.8) is 0 Å². The van der Waals surface area contributed by atoms with Gasteiger partial charge >= 0.3 is 0 Å². The molecule has 0 atom stereocenters. The maximum atomic E-state index is 4.94. The third kappa shape index (κ3) is 3.98. The van der Waals surface area contributed by atoms with Crippen LogP contribution in [-0.4, -0.2) is 46.0 Å². The number of hydrogen-bond donors (Lipinski definition) is 0. The number of rotatable bonds is 3. The molecule has 0 N–H and O–H groups in total. The second-order valence-corrected chi connectivity index (χ2v) is 8.67. The lowest BCUT2D eigenvalue weighted by atomic mass is 10.1. The van der Waals surface area contributed by atoms with Gasteiger partial charge in [0.25, 0.3) is 0 Å². The van der Waals surface area contributed by atoms with Crippen LogP contribution in [0.3, 0.4) is 0 Å². The highest BCUT2D eigenvalue weighted by molar-refractivity contribution is 5.83. The average Bonchev–Trinajstić information content (AvgIpc) is 3.01. The van der Waals surface area contributed by atoms with Crippen LogP contribution in [0.4, 0.5) is 5.95 Å². The van der Waals surface area contributed by atoms with Gasteiger partial charge in [0.2, 0.25) is 5.95 Å². The summed E-state index contributed by atoms with van der Waals surface area (Å²) in [6.45, 7) is 11.3. The van der Waals surface area contributed by atoms with Crippen molar-refractivity contribution in [3.8, 4) is 0 Å². The van der Waals surface area contributed by atoms with Gasteiger partial charge in [0.05, 0.1) is 16.7 Å². The van der Waals surface area contributed by atoms with Gasteiger partial charge in [0, 0.05) is 49.7 Å². The van der Waals surface area contributed by atoms with Crippen LogP contribution < -0.4 is 4.90 Å². The van der Waals surface area contributed by atoms with Crippen molar-refractivity contribution in [1.82, 2.24) is 19.9 Å². The van der Waals surface area contributed by atoms with E-state index < -0.39 is 0 Å². The number of anilines is 1. The SMILES string of the molecule is Cc1cc2nc(N3CCCN(Cc4cccc5cccnc45)CC3)nc(C)c2cc1C. The van der Waals surface area contributed by atoms with Gasteiger partial charge in [-0.05, 0) is 62.1 Å². The lowest BCUT2D eigenvalue weighted by Crippen LogP contribution is -2.31. The normalized spacial score (nSPS) is 15.5. The van der Waals surface area contributed by atoms with Gasteiger partial charge in [-0.1, -0.05) is 24.3 Å². The molecule has 2 aromatic carbocycles. The Morgan fingerprint density at radius 1 is 0.871 bits per heavy atom. The molecule has 0 amide bonds. The van der Waals surface area contributed by atoms with Crippen LogP contribution in [0.25, 0.3) is 21.8 Å². The molecule has 5 rings (SSSR count). The van der Waals surface area contributed by atoms with Crippen LogP contribution in [0, 0.1) is 20.8 Å². The van der Waals surface area contributed by atoms with E-state index in [1.807, 2.05) is 12.3 Å². The average molecular weight is 412 g/mol. The summed E-state index contributed by atoms with van der Waals surface area (Å²) in [7, 11) is 0. The smallest absolute Gasteiger partial charge is 0.226 e. The van der Waals surface area contributed by atoms with Crippen LogP contribution in [0.1, 0.15) is 28.8 Å². The van der Waals surface area contributed by atoms with Crippen molar-refractivity contribution in [2.24, 2.45) is 0 Å². The first-order valence-electron chi connectivity index (χ1n) is 11.1. The monoisotopic (exact) mass is 411 g/mol. The second-order valence-electron chi connectivity index (χ2n) is 8.67. The Labute approximate surface area is 183 Å². The quantitative estimate of drug-likeness (QED) is 0.484. The summed E-state index contributed by atoms with van der Waals surface area (Å²) in [5, 5.41) is 2.37. The van der Waals surface area contributed by atoms with E-state index in [0.29, 0.717) is 0 Å². The van der Waals surface area contributed by atoms with Gasteiger partial charge < -0.3 is 4.90 Å². The van der Waals surface area contributed by atoms with Crippen LogP contribution >= 0.6 is 0 Å². The first-order valence-corrected chi connectivity index (χ1v) is 11.1. The summed E-state index contributed by atoms with van der Waals surface area (Å²) in [5.41, 5.74) is 7.10. The number of benzene rings is 2. The third-order valence-corrected chi connectivity index (χ3v) is 6.47. The number of aromatic nitrogens is 3. The van der Waals surface area contributed by atoms with Gasteiger partial charge in [0.15, 0.2) is 0 Å². The fourth-order valence-corrected chi connectivity index (χ4v) is 4.53. The molecule has 2 aromatic heterocycles. The van der Waals surface area contributed by atoms with E-state index in [9.17, 15) is 0 Å². The Morgan fingerprint density at radius 2 is 1.71 bits per heavy atom. The Balaban J connectivity index is 1.35. The molecule has 0 bridgehead atoms. The lowest BCUT2D eigenvalue weighted by molar-refractivity contribution is 0.286. The Morgan fingerprint density at radius 3 is 2.61 bits per heavy atom. The largest absolute Gasteiger partial charge is 0.339 e. The minimum Gasteiger partial charge on any atom is -0.339 e. The van der Waals surface area contributed by atoms with Crippen LogP contribution in [-0.2, 0) is 6.54 Å². The number of aryl methyl sites for hydroxylation is 3. The molecule has 5 nitrogen and oxygen atoms in total. The van der Waals surface area contributed by atoms with Gasteiger partial charge in [0.1, 0.15) is 0 Å². The van der Waals surface area contributed by atoms with E-state index in [-0.39, 0.29) is 0 Å². The standard InChI is InChI=1S/C26H29N5/c1-18-15-23-20(3)28-26(29-24(23)16-19(18)2)31-12-6-11-30(13-14-31)17-22-8-4-7-21-9-5-10-27-25(21)22/h4-5,7-10,15-16H,6,11-14,17H2,1-3H3.